The van der Waals surface area contributed by atoms with Crippen LogP contribution in [-0.2, 0) is 0 Å². The second-order valence-corrected chi connectivity index (χ2v) is 19.8. The largest absolute Gasteiger partial charge is 0.334 e. The Kier molecular flexibility index (Phi) is 10.6. The van der Waals surface area contributed by atoms with Crippen molar-refractivity contribution in [1.82, 2.24) is 0 Å². The van der Waals surface area contributed by atoms with Crippen LogP contribution in [-0.4, -0.2) is 12.8 Å². The predicted molar refractivity (Wildman–Crippen MR) is 284 cm³/mol. The summed E-state index contributed by atoms with van der Waals surface area (Å²) in [6, 6.07) is 48.4. The fraction of sp³-hybridized carbons (Fsp3) is 0.133. The Morgan fingerprint density at radius 1 is 0.538 bits per heavy atom. The third-order valence-corrected chi connectivity index (χ3v) is 15.3. The number of hydrogen-bond donors (Lipinski definition) is 0. The molecule has 0 aromatic heterocycles. The normalized spacial score (nSPS) is 20.2. The Hall–Kier alpha value is -6.14. The van der Waals surface area contributed by atoms with E-state index in [0.717, 1.165) is 41.0 Å². The minimum absolute atomic E-state index is 0.00737. The van der Waals surface area contributed by atoms with Crippen LogP contribution in [0.5, 0.6) is 0 Å². The molecule has 6 aromatic carbocycles. The molecule has 65 heavy (non-hydrogen) atoms. The van der Waals surface area contributed by atoms with Crippen LogP contribution >= 0.6 is 31.9 Å². The highest BCUT2D eigenvalue weighted by molar-refractivity contribution is 9.10. The summed E-state index contributed by atoms with van der Waals surface area (Å²) < 4.78 is 2.15. The average Bonchev–Trinajstić information content (AvgIpc) is 3.37. The fourth-order valence-corrected chi connectivity index (χ4v) is 12.1. The maximum Gasteiger partial charge on any atom is 0.252 e. The van der Waals surface area contributed by atoms with Gasteiger partial charge in [0.05, 0.1) is 11.7 Å². The predicted octanol–water partition coefficient (Wildman–Crippen LogP) is 14.9. The van der Waals surface area contributed by atoms with Crippen molar-refractivity contribution in [1.29, 1.82) is 0 Å². The van der Waals surface area contributed by atoms with Crippen molar-refractivity contribution >= 4 is 89.0 Å². The van der Waals surface area contributed by atoms with E-state index in [1.807, 2.05) is 0 Å². The van der Waals surface area contributed by atoms with Gasteiger partial charge in [0.2, 0.25) is 0 Å². The summed E-state index contributed by atoms with van der Waals surface area (Å²) in [6.45, 7) is -0.00737. The van der Waals surface area contributed by atoms with Gasteiger partial charge in [-0.25, -0.2) is 0 Å². The van der Waals surface area contributed by atoms with Gasteiger partial charge in [0.25, 0.3) is 6.71 Å². The van der Waals surface area contributed by atoms with Gasteiger partial charge in [0.1, 0.15) is 0 Å². The van der Waals surface area contributed by atoms with E-state index in [1.54, 1.807) is 0 Å². The van der Waals surface area contributed by atoms with E-state index in [9.17, 15) is 0 Å². The molecule has 0 radical (unpaired) electrons. The molecule has 4 aliphatic carbocycles. The molecule has 2 heterocycles. The molecule has 0 saturated heterocycles. The fourth-order valence-electron chi connectivity index (χ4n) is 11.4. The molecule has 0 amide bonds. The van der Waals surface area contributed by atoms with Crippen LogP contribution < -0.4 is 26.2 Å². The van der Waals surface area contributed by atoms with E-state index in [2.05, 4.69) is 248 Å². The van der Waals surface area contributed by atoms with Crippen molar-refractivity contribution in [2.45, 2.75) is 50.0 Å². The van der Waals surface area contributed by atoms with Gasteiger partial charge < -0.3 is 9.80 Å². The molecule has 5 heteroatoms. The third kappa shape index (κ3) is 7.07. The van der Waals surface area contributed by atoms with Crippen LogP contribution in [0.15, 0.2) is 226 Å². The number of anilines is 5. The van der Waals surface area contributed by atoms with Crippen molar-refractivity contribution in [2.24, 2.45) is 0 Å². The molecule has 0 fully saturated rings. The smallest absolute Gasteiger partial charge is 0.252 e. The zero-order valence-electron chi connectivity index (χ0n) is 36.1. The van der Waals surface area contributed by atoms with Crippen molar-refractivity contribution in [2.75, 3.05) is 9.80 Å². The molecule has 6 aliphatic rings. The van der Waals surface area contributed by atoms with Gasteiger partial charge in [-0.15, -0.1) is 0 Å². The van der Waals surface area contributed by atoms with Crippen LogP contribution in [0, 0.1) is 0 Å². The number of hydrogen-bond acceptors (Lipinski definition) is 2. The first kappa shape index (κ1) is 40.4. The number of nitrogens with zero attached hydrogens (tertiary/aromatic N) is 2. The van der Waals surface area contributed by atoms with E-state index in [1.165, 1.54) is 89.4 Å². The maximum atomic E-state index is 4.02. The van der Waals surface area contributed by atoms with Gasteiger partial charge in [0.15, 0.2) is 0 Å². The number of fused-ring (bicyclic) bond motifs is 4. The van der Waals surface area contributed by atoms with E-state index in [4.69, 9.17) is 0 Å². The highest BCUT2D eigenvalue weighted by atomic mass is 79.9. The Labute approximate surface area is 400 Å². The molecule has 0 N–H and O–H groups in total. The van der Waals surface area contributed by atoms with Crippen molar-refractivity contribution in [3.05, 3.63) is 243 Å². The first-order valence-electron chi connectivity index (χ1n) is 23.1. The van der Waals surface area contributed by atoms with Crippen LogP contribution in [0.1, 0.15) is 60.6 Å². The molecule has 0 spiro atoms. The Morgan fingerprint density at radius 2 is 1.25 bits per heavy atom. The molecule has 0 bridgehead atoms. The highest BCUT2D eigenvalue weighted by Crippen LogP contribution is 2.52. The Balaban J connectivity index is 1.21. The van der Waals surface area contributed by atoms with Gasteiger partial charge in [-0.2, -0.15) is 0 Å². The number of allylic oxidation sites excluding steroid dienone is 13. The number of rotatable bonds is 7. The van der Waals surface area contributed by atoms with Gasteiger partial charge in [-0.05, 0) is 124 Å². The first-order valence-corrected chi connectivity index (χ1v) is 24.7. The van der Waals surface area contributed by atoms with Crippen molar-refractivity contribution in [3.8, 4) is 11.1 Å². The van der Waals surface area contributed by atoms with Gasteiger partial charge >= 0.3 is 0 Å². The second-order valence-electron chi connectivity index (χ2n) is 17.9. The van der Waals surface area contributed by atoms with Gasteiger partial charge in [-0.3, -0.25) is 0 Å². The number of halogens is 2. The topological polar surface area (TPSA) is 6.48 Å². The van der Waals surface area contributed by atoms with Gasteiger partial charge in [0, 0.05) is 49.1 Å². The SMILES string of the molecule is Brc1ccc2c(c1)N(c1c(C3=CC=CCC3)cccc1C1C=CC=CC1)c1cc(-c3ccccc3)cc3c1B2c1ccc(Br)cc1N3C1C(C2=CC=CCC2)=CC=CC1c1ccccc1. The summed E-state index contributed by atoms with van der Waals surface area (Å²) in [5.74, 6) is 0.326. The average molecular weight is 967 g/mol. The van der Waals surface area contributed by atoms with E-state index in [0.29, 0.717) is 0 Å². The minimum atomic E-state index is -0.0229. The molecule has 6 aromatic rings. The quantitative estimate of drug-likeness (QED) is 0.147. The lowest BCUT2D eigenvalue weighted by molar-refractivity contribution is 0.656. The molecule has 2 nitrogen and oxygen atoms in total. The summed E-state index contributed by atoms with van der Waals surface area (Å²) in [7, 11) is 0. The first-order chi connectivity index (χ1) is 32.1. The lowest BCUT2D eigenvalue weighted by Crippen LogP contribution is -2.63. The zero-order valence-corrected chi connectivity index (χ0v) is 39.3. The molecule has 12 rings (SSSR count). The molecular formula is C60H47BBr2N2. The zero-order chi connectivity index (χ0) is 43.4. The van der Waals surface area contributed by atoms with Crippen molar-refractivity contribution in [3.63, 3.8) is 0 Å². The molecule has 2 aliphatic heterocycles. The summed E-state index contributed by atoms with van der Waals surface area (Å²) in [6.07, 6.45) is 35.2. The third-order valence-electron chi connectivity index (χ3n) is 14.3. The number of para-hydroxylation sites is 1. The molecule has 3 atom stereocenters. The summed E-state index contributed by atoms with van der Waals surface area (Å²) in [5.41, 5.74) is 20.8. The van der Waals surface area contributed by atoms with E-state index >= 15 is 0 Å². The van der Waals surface area contributed by atoms with E-state index in [-0.39, 0.29) is 24.6 Å². The van der Waals surface area contributed by atoms with Crippen LogP contribution in [0.3, 0.4) is 0 Å². The monoisotopic (exact) mass is 964 g/mol. The van der Waals surface area contributed by atoms with Crippen LogP contribution in [0.2, 0.25) is 0 Å². The lowest BCUT2D eigenvalue weighted by atomic mass is 9.33. The summed E-state index contributed by atoms with van der Waals surface area (Å²) in [4.78, 5) is 5.44. The molecule has 0 saturated carbocycles. The van der Waals surface area contributed by atoms with Crippen LogP contribution in [0.4, 0.5) is 28.4 Å². The molecule has 3 unspecified atom stereocenters. The minimum Gasteiger partial charge on any atom is -0.334 e. The van der Waals surface area contributed by atoms with Crippen LogP contribution in [0.25, 0.3) is 16.7 Å². The summed E-state index contributed by atoms with van der Waals surface area (Å²) in [5, 5.41) is 0. The van der Waals surface area contributed by atoms with Crippen molar-refractivity contribution < 1.29 is 0 Å². The molecule has 314 valence electrons. The highest BCUT2D eigenvalue weighted by Gasteiger charge is 2.47. The second kappa shape index (κ2) is 17.0. The van der Waals surface area contributed by atoms with Gasteiger partial charge in [-0.1, -0.05) is 202 Å². The Bertz CT molecular complexity index is 3130. The van der Waals surface area contributed by atoms with E-state index < -0.39 is 0 Å². The maximum absolute atomic E-state index is 4.02. The summed E-state index contributed by atoms with van der Waals surface area (Å²) >= 11 is 8.03. The Morgan fingerprint density at radius 3 is 1.97 bits per heavy atom. The standard InChI is InChI=1S/C60H47BBr2N2/c62-46-32-34-52-54(38-46)64(59-48(41-20-8-2-9-21-41)28-16-29-49(59)42-22-10-3-11-23-42)56-36-45(40-18-6-1-7-19-40)37-57-58(56)61(52)53-35-33-47(63)39-55(53)65(57)60-50(43-24-12-4-13-25-43)30-17-31-51(60)44-26-14-5-15-27-44/h1-10,12-14,16-22,24,26,28-39,43,48,59H,11,15,23,25,27H2. The molecular weight excluding hydrogens is 919 g/mol. The lowest BCUT2D eigenvalue weighted by Gasteiger charge is -2.49. The number of benzene rings is 6.